The van der Waals surface area contributed by atoms with E-state index in [0.717, 1.165) is 6.07 Å². The lowest BCUT2D eigenvalue weighted by Crippen LogP contribution is -2.41. The van der Waals surface area contributed by atoms with Crippen molar-refractivity contribution < 1.29 is 26.5 Å². The van der Waals surface area contributed by atoms with Crippen LogP contribution >= 0.6 is 11.6 Å². The fourth-order valence-corrected chi connectivity index (χ4v) is 3.98. The van der Waals surface area contributed by atoms with Gasteiger partial charge in [0.1, 0.15) is 16.5 Å². The van der Waals surface area contributed by atoms with Crippen LogP contribution in [0, 0.1) is 11.6 Å². The molecule has 3 rings (SSSR count). The lowest BCUT2D eigenvalue weighted by Gasteiger charge is -2.32. The molecule has 0 spiro atoms. The molecule has 28 heavy (non-hydrogen) atoms. The van der Waals surface area contributed by atoms with Crippen molar-refractivity contribution in [2.45, 2.75) is 43.8 Å². The van der Waals surface area contributed by atoms with Crippen LogP contribution in [0.2, 0.25) is 5.02 Å². The zero-order valence-electron chi connectivity index (χ0n) is 15.7. The van der Waals surface area contributed by atoms with E-state index in [1.54, 1.807) is 12.1 Å². The first-order chi connectivity index (χ1) is 12.8. The van der Waals surface area contributed by atoms with Crippen LogP contribution in [0.15, 0.2) is 41.3 Å². The molecule has 1 saturated heterocycles. The molecule has 0 saturated carbocycles. The van der Waals surface area contributed by atoms with Crippen molar-refractivity contribution in [1.29, 1.82) is 0 Å². The van der Waals surface area contributed by atoms with Gasteiger partial charge in [-0.3, -0.25) is 4.72 Å². The minimum absolute atomic E-state index is 0.195. The average molecular weight is 430 g/mol. The summed E-state index contributed by atoms with van der Waals surface area (Å²) in [5, 5.41) is -0.488. The van der Waals surface area contributed by atoms with E-state index >= 15 is 0 Å². The minimum atomic E-state index is -4.29. The fraction of sp³-hybridized carbons (Fsp3) is 0.333. The summed E-state index contributed by atoms with van der Waals surface area (Å²) in [7, 11) is -4.88. The summed E-state index contributed by atoms with van der Waals surface area (Å²) in [6.45, 7) is 7.71. The molecule has 0 aliphatic carbocycles. The Kier molecular flexibility index (Phi) is 5.25. The highest BCUT2D eigenvalue weighted by Gasteiger charge is 2.51. The van der Waals surface area contributed by atoms with Crippen molar-refractivity contribution in [2.75, 3.05) is 4.72 Å². The monoisotopic (exact) mass is 429 g/mol. The summed E-state index contributed by atoms with van der Waals surface area (Å²) in [6.07, 6.45) is 0. The number of benzene rings is 2. The van der Waals surface area contributed by atoms with Crippen LogP contribution in [0.1, 0.15) is 27.7 Å². The molecule has 2 aromatic carbocycles. The molecule has 0 amide bonds. The van der Waals surface area contributed by atoms with Crippen LogP contribution in [-0.2, 0) is 19.3 Å². The number of halogens is 3. The molecule has 1 fully saturated rings. The van der Waals surface area contributed by atoms with E-state index in [4.69, 9.17) is 20.9 Å². The first kappa shape index (κ1) is 21.0. The van der Waals surface area contributed by atoms with Gasteiger partial charge in [-0.15, -0.1) is 0 Å². The van der Waals surface area contributed by atoms with Gasteiger partial charge in [-0.05, 0) is 51.4 Å². The third kappa shape index (κ3) is 3.89. The Labute approximate surface area is 168 Å². The second kappa shape index (κ2) is 6.98. The van der Waals surface area contributed by atoms with E-state index in [2.05, 4.69) is 4.72 Å². The molecule has 5 nitrogen and oxygen atoms in total. The number of rotatable bonds is 4. The maximum atomic E-state index is 13.9. The first-order valence-corrected chi connectivity index (χ1v) is 10.3. The molecule has 1 aliphatic heterocycles. The maximum absolute atomic E-state index is 13.9. The van der Waals surface area contributed by atoms with Crippen molar-refractivity contribution >= 4 is 39.9 Å². The lowest BCUT2D eigenvalue weighted by atomic mass is 9.79. The van der Waals surface area contributed by atoms with E-state index < -0.39 is 49.9 Å². The van der Waals surface area contributed by atoms with Crippen molar-refractivity contribution in [3.63, 3.8) is 0 Å². The van der Waals surface area contributed by atoms with Gasteiger partial charge in [-0.1, -0.05) is 23.7 Å². The minimum Gasteiger partial charge on any atom is -0.399 e. The normalized spacial score (nSPS) is 18.3. The molecule has 1 heterocycles. The highest BCUT2D eigenvalue weighted by molar-refractivity contribution is 7.92. The average Bonchev–Trinajstić information content (AvgIpc) is 2.79. The maximum Gasteiger partial charge on any atom is 0.494 e. The number of hydrogen-bond acceptors (Lipinski definition) is 4. The second-order valence-electron chi connectivity index (χ2n) is 7.51. The topological polar surface area (TPSA) is 64.6 Å². The van der Waals surface area contributed by atoms with E-state index in [1.165, 1.54) is 12.1 Å². The van der Waals surface area contributed by atoms with Crippen molar-refractivity contribution in [3.8, 4) is 0 Å². The SMILES string of the molecule is CC1(C)OB(c2ccc(NS(=O)(=O)c3cc(Cl)c(F)cc3F)cc2)OC1(C)C. The number of sulfonamides is 1. The molecule has 0 atom stereocenters. The van der Waals surface area contributed by atoms with E-state index in [-0.39, 0.29) is 5.69 Å². The Morgan fingerprint density at radius 2 is 1.50 bits per heavy atom. The van der Waals surface area contributed by atoms with Crippen LogP contribution in [-0.4, -0.2) is 26.7 Å². The third-order valence-corrected chi connectivity index (χ3v) is 6.64. The highest BCUT2D eigenvalue weighted by Crippen LogP contribution is 2.36. The van der Waals surface area contributed by atoms with Gasteiger partial charge in [0.15, 0.2) is 0 Å². The van der Waals surface area contributed by atoms with Gasteiger partial charge in [-0.2, -0.15) is 0 Å². The Balaban J connectivity index is 1.81. The largest absolute Gasteiger partial charge is 0.494 e. The quantitative estimate of drug-likeness (QED) is 0.594. The molecule has 0 bridgehead atoms. The summed E-state index contributed by atoms with van der Waals surface area (Å²) >= 11 is 5.57. The third-order valence-electron chi connectivity index (χ3n) is 4.95. The Morgan fingerprint density at radius 1 is 0.964 bits per heavy atom. The van der Waals surface area contributed by atoms with Gasteiger partial charge in [0.2, 0.25) is 0 Å². The molecule has 2 aromatic rings. The number of hydrogen-bond donors (Lipinski definition) is 1. The molecule has 10 heteroatoms. The van der Waals surface area contributed by atoms with Gasteiger partial charge in [0.05, 0.1) is 16.2 Å². The van der Waals surface area contributed by atoms with E-state index in [0.29, 0.717) is 11.5 Å². The second-order valence-corrected chi connectivity index (χ2v) is 9.57. The molecular formula is C18H19BClF2NO4S. The Hall–Kier alpha value is -1.68. The van der Waals surface area contributed by atoms with Crippen LogP contribution in [0.5, 0.6) is 0 Å². The van der Waals surface area contributed by atoms with Gasteiger partial charge in [0, 0.05) is 11.8 Å². The van der Waals surface area contributed by atoms with E-state index in [1.807, 2.05) is 27.7 Å². The van der Waals surface area contributed by atoms with Crippen molar-refractivity contribution in [2.24, 2.45) is 0 Å². The summed E-state index contributed by atoms with van der Waals surface area (Å²) < 4.78 is 66.1. The zero-order valence-corrected chi connectivity index (χ0v) is 17.3. The molecule has 1 aliphatic rings. The summed E-state index contributed by atoms with van der Waals surface area (Å²) in [6, 6.07) is 7.45. The standard InChI is InChI=1S/C18H19BClF2NO4S/c1-17(2)18(3,4)27-19(26-17)11-5-7-12(8-6-11)23-28(24,25)16-9-13(20)14(21)10-15(16)22/h5-10,23H,1-4H3. The molecule has 0 aromatic heterocycles. The Bertz CT molecular complexity index is 997. The highest BCUT2D eigenvalue weighted by atomic mass is 35.5. The fourth-order valence-electron chi connectivity index (χ4n) is 2.61. The summed E-state index contributed by atoms with van der Waals surface area (Å²) in [4.78, 5) is -0.742. The molecule has 1 N–H and O–H groups in total. The molecular weight excluding hydrogens is 411 g/mol. The number of anilines is 1. The van der Waals surface area contributed by atoms with Crippen LogP contribution in [0.3, 0.4) is 0 Å². The van der Waals surface area contributed by atoms with Gasteiger partial charge >= 0.3 is 7.12 Å². The zero-order chi connectivity index (χ0) is 20.9. The molecule has 0 radical (unpaired) electrons. The molecule has 150 valence electrons. The van der Waals surface area contributed by atoms with Gasteiger partial charge in [-0.25, -0.2) is 17.2 Å². The smallest absolute Gasteiger partial charge is 0.399 e. The van der Waals surface area contributed by atoms with Gasteiger partial charge < -0.3 is 9.31 Å². The van der Waals surface area contributed by atoms with Crippen molar-refractivity contribution in [3.05, 3.63) is 53.1 Å². The predicted octanol–water partition coefficient (Wildman–Crippen LogP) is 3.72. The number of nitrogens with one attached hydrogen (secondary N) is 1. The van der Waals surface area contributed by atoms with Gasteiger partial charge in [0.25, 0.3) is 10.0 Å². The van der Waals surface area contributed by atoms with Crippen LogP contribution in [0.4, 0.5) is 14.5 Å². The lowest BCUT2D eigenvalue weighted by molar-refractivity contribution is 0.00578. The van der Waals surface area contributed by atoms with Crippen LogP contribution in [0.25, 0.3) is 0 Å². The Morgan fingerprint density at radius 3 is 2.04 bits per heavy atom. The van der Waals surface area contributed by atoms with Crippen LogP contribution < -0.4 is 10.2 Å². The molecule has 0 unspecified atom stereocenters. The first-order valence-electron chi connectivity index (χ1n) is 8.45. The summed E-state index contributed by atoms with van der Waals surface area (Å²) in [5.41, 5.74) is -0.105. The van der Waals surface area contributed by atoms with Crippen molar-refractivity contribution in [1.82, 2.24) is 0 Å². The van der Waals surface area contributed by atoms with E-state index in [9.17, 15) is 17.2 Å². The summed E-state index contributed by atoms with van der Waals surface area (Å²) in [5.74, 6) is -2.27. The predicted molar refractivity (Wildman–Crippen MR) is 104 cm³/mol.